The zero-order valence-electron chi connectivity index (χ0n) is 13.3. The molecule has 0 fully saturated rings. The summed E-state index contributed by atoms with van der Waals surface area (Å²) < 4.78 is 6.10. The van der Waals surface area contributed by atoms with Gasteiger partial charge in [-0.1, -0.05) is 42.5 Å². The Labute approximate surface area is 131 Å². The van der Waals surface area contributed by atoms with Gasteiger partial charge < -0.3 is 15.2 Å². The minimum Gasteiger partial charge on any atom is -0.482 e. The summed E-state index contributed by atoms with van der Waals surface area (Å²) in [6, 6.07) is 8.11. The first-order valence-corrected chi connectivity index (χ1v) is 7.74. The van der Waals surface area contributed by atoms with E-state index in [1.807, 2.05) is 36.4 Å². The minimum atomic E-state index is -0.666. The van der Waals surface area contributed by atoms with Crippen molar-refractivity contribution in [1.29, 1.82) is 0 Å². The summed E-state index contributed by atoms with van der Waals surface area (Å²) in [5, 5.41) is 16.1. The Morgan fingerprint density at radius 1 is 1.18 bits per heavy atom. The zero-order chi connectivity index (χ0) is 15.7. The van der Waals surface area contributed by atoms with Crippen molar-refractivity contribution >= 4 is 11.3 Å². The maximum absolute atomic E-state index is 10.6. The van der Waals surface area contributed by atoms with Gasteiger partial charge in [-0.05, 0) is 32.1 Å². The molecule has 3 heteroatoms. The van der Waals surface area contributed by atoms with Gasteiger partial charge in [0.2, 0.25) is 0 Å². The van der Waals surface area contributed by atoms with Gasteiger partial charge >= 0.3 is 0 Å². The van der Waals surface area contributed by atoms with Crippen LogP contribution in [0.4, 0.5) is 0 Å². The number of rotatable bonds is 3. The van der Waals surface area contributed by atoms with Gasteiger partial charge in [0.15, 0.2) is 0 Å². The first-order chi connectivity index (χ1) is 10.5. The summed E-state index contributed by atoms with van der Waals surface area (Å²) in [5.74, 6) is 0.654. The van der Waals surface area contributed by atoms with Crippen LogP contribution >= 0.6 is 0 Å². The number of hydrogen-bond donors (Lipinski definition) is 2. The largest absolute Gasteiger partial charge is 0.482 e. The molecule has 0 radical (unpaired) electrons. The Morgan fingerprint density at radius 3 is 2.64 bits per heavy atom. The summed E-state index contributed by atoms with van der Waals surface area (Å²) in [7, 11) is 0. The van der Waals surface area contributed by atoms with Crippen molar-refractivity contribution < 1.29 is 9.84 Å². The molecular weight excluding hydrogens is 274 g/mol. The number of aliphatic hydroxyl groups excluding tert-OH is 1. The molecule has 0 saturated heterocycles. The van der Waals surface area contributed by atoms with Crippen LogP contribution in [-0.4, -0.2) is 29.4 Å². The highest BCUT2D eigenvalue weighted by molar-refractivity contribution is 5.69. The van der Waals surface area contributed by atoms with Crippen molar-refractivity contribution in [2.75, 3.05) is 6.54 Å². The van der Waals surface area contributed by atoms with Crippen LogP contribution in [0.2, 0.25) is 0 Å². The predicted molar refractivity (Wildman–Crippen MR) is 89.4 cm³/mol. The van der Waals surface area contributed by atoms with Crippen molar-refractivity contribution in [3.05, 3.63) is 59.0 Å². The molecule has 1 aliphatic carbocycles. The number of ether oxygens (including phenoxy) is 1. The second-order valence-electron chi connectivity index (χ2n) is 6.79. The molecule has 2 N–H and O–H groups in total. The third-order valence-corrected chi connectivity index (χ3v) is 3.87. The van der Waals surface area contributed by atoms with Crippen molar-refractivity contribution in [2.24, 2.45) is 0 Å². The molecule has 3 nitrogen and oxygen atoms in total. The summed E-state index contributed by atoms with van der Waals surface area (Å²) in [6.45, 7) is 6.72. The molecule has 0 bridgehead atoms. The summed E-state index contributed by atoms with van der Waals surface area (Å²) in [6.07, 6.45) is 7.34. The fourth-order valence-corrected chi connectivity index (χ4v) is 2.77. The SMILES string of the molecule is CC(C)(C)NCC(O)C1=c2ccccc2=C2C=CC=CC2O1. The molecule has 1 aromatic rings. The van der Waals surface area contributed by atoms with Crippen LogP contribution in [0.1, 0.15) is 20.8 Å². The second-order valence-corrected chi connectivity index (χ2v) is 6.79. The second kappa shape index (κ2) is 5.75. The van der Waals surface area contributed by atoms with Gasteiger partial charge in [0.25, 0.3) is 0 Å². The number of nitrogens with one attached hydrogen (secondary N) is 1. The van der Waals surface area contributed by atoms with E-state index in [4.69, 9.17) is 4.74 Å². The molecule has 2 aliphatic rings. The molecule has 1 heterocycles. The number of β-amino-alcohol motifs (C(OH)–C–C–N with tert-alkyl or cyclic N) is 1. The van der Waals surface area contributed by atoms with E-state index in [9.17, 15) is 5.11 Å². The summed E-state index contributed by atoms with van der Waals surface area (Å²) in [4.78, 5) is 0. The van der Waals surface area contributed by atoms with E-state index in [0.717, 1.165) is 16.0 Å². The molecule has 1 aromatic carbocycles. The fraction of sp³-hybridized carbons (Fsp3) is 0.368. The van der Waals surface area contributed by atoms with Crippen LogP contribution in [0.25, 0.3) is 11.3 Å². The number of benzene rings is 1. The molecule has 116 valence electrons. The summed E-state index contributed by atoms with van der Waals surface area (Å²) >= 11 is 0. The van der Waals surface area contributed by atoms with Crippen LogP contribution in [0, 0.1) is 0 Å². The van der Waals surface area contributed by atoms with Crippen molar-refractivity contribution in [2.45, 2.75) is 38.5 Å². The highest BCUT2D eigenvalue weighted by Gasteiger charge is 2.25. The first kappa shape index (κ1) is 15.1. The highest BCUT2D eigenvalue weighted by atomic mass is 16.5. The van der Waals surface area contributed by atoms with Crippen molar-refractivity contribution in [3.8, 4) is 0 Å². The van der Waals surface area contributed by atoms with E-state index >= 15 is 0 Å². The maximum Gasteiger partial charge on any atom is 0.143 e. The Morgan fingerprint density at radius 2 is 1.91 bits per heavy atom. The standard InChI is InChI=1S/C19H23NO2/c1-19(2,3)20-12-16(21)18-15-10-5-4-8-13(15)14-9-6-7-11-17(14)22-18/h4-11,16-17,20-21H,12H2,1-3H3. The Balaban J connectivity index is 2.04. The lowest BCUT2D eigenvalue weighted by atomic mass is 9.97. The van der Waals surface area contributed by atoms with E-state index in [0.29, 0.717) is 12.3 Å². The lowest BCUT2D eigenvalue weighted by Gasteiger charge is -2.29. The fourth-order valence-electron chi connectivity index (χ4n) is 2.77. The van der Waals surface area contributed by atoms with Crippen molar-refractivity contribution in [1.82, 2.24) is 5.32 Å². The van der Waals surface area contributed by atoms with E-state index in [-0.39, 0.29) is 11.6 Å². The Hall–Kier alpha value is -1.84. The normalized spacial score (nSPS) is 21.2. The van der Waals surface area contributed by atoms with Gasteiger partial charge in [-0.2, -0.15) is 0 Å². The van der Waals surface area contributed by atoms with Crippen LogP contribution in [0.15, 0.2) is 48.6 Å². The average molecular weight is 297 g/mol. The van der Waals surface area contributed by atoms with Gasteiger partial charge in [-0.3, -0.25) is 0 Å². The highest BCUT2D eigenvalue weighted by Crippen LogP contribution is 2.22. The third kappa shape index (κ3) is 3.01. The molecule has 0 aromatic heterocycles. The maximum atomic E-state index is 10.6. The van der Waals surface area contributed by atoms with Gasteiger partial charge in [0, 0.05) is 22.9 Å². The molecule has 0 spiro atoms. The molecule has 2 atom stereocenters. The molecule has 3 rings (SSSR count). The number of fused-ring (bicyclic) bond motifs is 2. The van der Waals surface area contributed by atoms with E-state index in [1.165, 1.54) is 0 Å². The lowest BCUT2D eigenvalue weighted by molar-refractivity contribution is 0.139. The van der Waals surface area contributed by atoms with Gasteiger partial charge in [-0.15, -0.1) is 0 Å². The molecule has 2 unspecified atom stereocenters. The Bertz CT molecular complexity index is 737. The molecule has 1 aliphatic heterocycles. The number of hydrogen-bond acceptors (Lipinski definition) is 3. The lowest BCUT2D eigenvalue weighted by Crippen LogP contribution is -2.46. The minimum absolute atomic E-state index is 0.0412. The predicted octanol–water partition coefficient (Wildman–Crippen LogP) is 1.22. The van der Waals surface area contributed by atoms with Crippen LogP contribution < -0.4 is 15.8 Å². The molecule has 0 saturated carbocycles. The smallest absolute Gasteiger partial charge is 0.143 e. The van der Waals surface area contributed by atoms with Crippen LogP contribution in [0.5, 0.6) is 0 Å². The Kier molecular flexibility index (Phi) is 3.94. The van der Waals surface area contributed by atoms with Gasteiger partial charge in [-0.25, -0.2) is 0 Å². The zero-order valence-corrected chi connectivity index (χ0v) is 13.3. The average Bonchev–Trinajstić information content (AvgIpc) is 2.51. The first-order valence-electron chi connectivity index (χ1n) is 7.74. The van der Waals surface area contributed by atoms with Crippen molar-refractivity contribution in [3.63, 3.8) is 0 Å². The monoisotopic (exact) mass is 297 g/mol. The van der Waals surface area contributed by atoms with Crippen LogP contribution in [0.3, 0.4) is 0 Å². The van der Waals surface area contributed by atoms with Gasteiger partial charge in [0.1, 0.15) is 18.0 Å². The number of allylic oxidation sites excluding steroid dienone is 2. The van der Waals surface area contributed by atoms with Crippen LogP contribution in [-0.2, 0) is 4.74 Å². The topological polar surface area (TPSA) is 41.5 Å². The van der Waals surface area contributed by atoms with E-state index < -0.39 is 6.10 Å². The van der Waals surface area contributed by atoms with E-state index in [1.54, 1.807) is 0 Å². The third-order valence-electron chi connectivity index (χ3n) is 3.87. The number of aliphatic hydroxyl groups is 1. The van der Waals surface area contributed by atoms with E-state index in [2.05, 4.69) is 38.2 Å². The molecular formula is C19H23NO2. The summed E-state index contributed by atoms with van der Waals surface area (Å²) in [5.41, 5.74) is 1.11. The quantitative estimate of drug-likeness (QED) is 0.881. The van der Waals surface area contributed by atoms with Gasteiger partial charge in [0.05, 0.1) is 0 Å². The molecule has 22 heavy (non-hydrogen) atoms. The molecule has 0 amide bonds.